The van der Waals surface area contributed by atoms with Crippen LogP contribution < -0.4 is 5.32 Å². The Morgan fingerprint density at radius 2 is 2.14 bits per heavy atom. The van der Waals surface area contributed by atoms with Gasteiger partial charge in [0, 0.05) is 5.69 Å². The molecule has 0 fully saturated rings. The third-order valence-electron chi connectivity index (χ3n) is 3.66. The predicted molar refractivity (Wildman–Crippen MR) is 80.4 cm³/mol. The Balaban J connectivity index is 2.02. The van der Waals surface area contributed by atoms with Gasteiger partial charge in [0.2, 0.25) is 0 Å². The lowest BCUT2D eigenvalue weighted by atomic mass is 10.0. The third kappa shape index (κ3) is 2.57. The smallest absolute Gasteiger partial charge is 0.168 e. The predicted octanol–water partition coefficient (Wildman–Crippen LogP) is 4.29. The van der Waals surface area contributed by atoms with Crippen LogP contribution in [-0.2, 0) is 12.8 Å². The number of halogens is 2. The van der Waals surface area contributed by atoms with Crippen molar-refractivity contribution in [2.75, 3.05) is 5.32 Å². The zero-order chi connectivity index (χ0) is 15.0. The van der Waals surface area contributed by atoms with Crippen molar-refractivity contribution in [2.24, 2.45) is 0 Å². The fourth-order valence-corrected chi connectivity index (χ4v) is 2.92. The number of hydrogen-bond donors (Lipinski definition) is 1. The molecule has 1 N–H and O–H groups in total. The zero-order valence-corrected chi connectivity index (χ0v) is 12.3. The summed E-state index contributed by atoms with van der Waals surface area (Å²) in [5.74, 6) is -0.525. The molecule has 0 bridgehead atoms. The molecule has 0 saturated carbocycles. The number of nitrogens with zero attached hydrogens (tertiary/aromatic N) is 2. The molecule has 106 valence electrons. The number of aryl methyl sites for hydroxylation is 2. The third-order valence-corrected chi connectivity index (χ3v) is 3.95. The van der Waals surface area contributed by atoms with E-state index in [2.05, 4.69) is 16.4 Å². The first-order chi connectivity index (χ1) is 10.1. The van der Waals surface area contributed by atoms with E-state index in [1.54, 1.807) is 0 Å². The Morgan fingerprint density at radius 1 is 1.33 bits per heavy atom. The topological polar surface area (TPSA) is 48.7 Å². The molecule has 1 aromatic heterocycles. The molecular formula is C16H13ClFN3. The first kappa shape index (κ1) is 13.8. The number of benzene rings is 1. The molecule has 3 nitrogen and oxygen atoms in total. The Bertz CT molecular complexity index is 765. The van der Waals surface area contributed by atoms with Crippen molar-refractivity contribution in [1.82, 2.24) is 4.98 Å². The van der Waals surface area contributed by atoms with Crippen molar-refractivity contribution in [3.63, 3.8) is 0 Å². The second kappa shape index (κ2) is 5.34. The molecule has 0 spiro atoms. The van der Waals surface area contributed by atoms with Gasteiger partial charge >= 0.3 is 0 Å². The Kier molecular flexibility index (Phi) is 3.52. The van der Waals surface area contributed by atoms with Crippen LogP contribution in [0.5, 0.6) is 0 Å². The summed E-state index contributed by atoms with van der Waals surface area (Å²) in [5.41, 5.74) is 4.54. The fourth-order valence-electron chi connectivity index (χ4n) is 2.74. The van der Waals surface area contributed by atoms with E-state index in [0.29, 0.717) is 0 Å². The van der Waals surface area contributed by atoms with Gasteiger partial charge in [-0.2, -0.15) is 5.26 Å². The van der Waals surface area contributed by atoms with Crippen LogP contribution in [0.4, 0.5) is 15.9 Å². The fraction of sp³-hybridized carbons (Fsp3) is 0.250. The molecule has 5 heteroatoms. The van der Waals surface area contributed by atoms with Crippen molar-refractivity contribution in [2.45, 2.75) is 26.2 Å². The molecule has 1 aliphatic rings. The molecule has 0 unspecified atom stereocenters. The van der Waals surface area contributed by atoms with Gasteiger partial charge in [-0.3, -0.25) is 0 Å². The average Bonchev–Trinajstić information content (AvgIpc) is 2.90. The molecule has 1 aromatic carbocycles. The Morgan fingerprint density at radius 3 is 2.90 bits per heavy atom. The van der Waals surface area contributed by atoms with Crippen LogP contribution in [0.25, 0.3) is 0 Å². The summed E-state index contributed by atoms with van der Waals surface area (Å²) in [4.78, 5) is 3.95. The van der Waals surface area contributed by atoms with Crippen LogP contribution in [0.15, 0.2) is 18.2 Å². The molecule has 0 saturated heterocycles. The second-order valence-corrected chi connectivity index (χ2v) is 5.56. The molecule has 1 aliphatic carbocycles. The molecule has 0 atom stereocenters. The van der Waals surface area contributed by atoms with E-state index < -0.39 is 5.82 Å². The number of nitrogens with one attached hydrogen (secondary N) is 1. The number of rotatable bonds is 2. The first-order valence-corrected chi connectivity index (χ1v) is 7.12. The van der Waals surface area contributed by atoms with Gasteiger partial charge in [0.05, 0.1) is 5.56 Å². The van der Waals surface area contributed by atoms with Gasteiger partial charge in [-0.1, -0.05) is 17.7 Å². The van der Waals surface area contributed by atoms with Crippen LogP contribution in [0.3, 0.4) is 0 Å². The quantitative estimate of drug-likeness (QED) is 0.842. The van der Waals surface area contributed by atoms with Crippen LogP contribution in [0.1, 0.15) is 28.7 Å². The minimum atomic E-state index is -0.579. The number of aromatic nitrogens is 1. The largest absolute Gasteiger partial charge is 0.337 e. The van der Waals surface area contributed by atoms with Gasteiger partial charge in [0.15, 0.2) is 11.6 Å². The first-order valence-electron chi connectivity index (χ1n) is 6.74. The highest BCUT2D eigenvalue weighted by Crippen LogP contribution is 2.33. The summed E-state index contributed by atoms with van der Waals surface area (Å²) in [5, 5.41) is 11.9. The minimum absolute atomic E-state index is 0.00528. The summed E-state index contributed by atoms with van der Waals surface area (Å²) < 4.78 is 14.0. The summed E-state index contributed by atoms with van der Waals surface area (Å²) >= 11 is 5.88. The number of pyridine rings is 1. The maximum Gasteiger partial charge on any atom is 0.168 e. The van der Waals surface area contributed by atoms with E-state index in [-0.39, 0.29) is 16.5 Å². The second-order valence-electron chi connectivity index (χ2n) is 5.20. The van der Waals surface area contributed by atoms with Crippen molar-refractivity contribution in [1.29, 1.82) is 5.26 Å². The summed E-state index contributed by atoms with van der Waals surface area (Å²) in [6, 6.07) is 7.07. The lowest BCUT2D eigenvalue weighted by Gasteiger charge is -2.13. The number of hydrogen-bond acceptors (Lipinski definition) is 3. The summed E-state index contributed by atoms with van der Waals surface area (Å²) in [7, 11) is 0. The molecular weight excluding hydrogens is 289 g/mol. The lowest BCUT2D eigenvalue weighted by molar-refractivity contribution is 0.626. The van der Waals surface area contributed by atoms with Crippen LogP contribution >= 0.6 is 11.6 Å². The molecule has 0 amide bonds. The highest BCUT2D eigenvalue weighted by atomic mass is 35.5. The van der Waals surface area contributed by atoms with Crippen LogP contribution in [0, 0.1) is 24.1 Å². The Labute approximate surface area is 127 Å². The van der Waals surface area contributed by atoms with E-state index in [9.17, 15) is 4.39 Å². The van der Waals surface area contributed by atoms with Crippen LogP contribution in [-0.4, -0.2) is 4.98 Å². The van der Waals surface area contributed by atoms with E-state index in [4.69, 9.17) is 16.9 Å². The molecule has 3 rings (SSSR count). The van der Waals surface area contributed by atoms with Gasteiger partial charge in [0.1, 0.15) is 11.2 Å². The molecule has 0 aliphatic heterocycles. The van der Waals surface area contributed by atoms with Gasteiger partial charge in [0.25, 0.3) is 0 Å². The number of fused-ring (bicyclic) bond motifs is 1. The number of nitriles is 1. The van der Waals surface area contributed by atoms with E-state index >= 15 is 0 Å². The van der Waals surface area contributed by atoms with E-state index in [1.165, 1.54) is 11.1 Å². The average molecular weight is 302 g/mol. The lowest BCUT2D eigenvalue weighted by Crippen LogP contribution is -2.02. The maximum absolute atomic E-state index is 14.0. The van der Waals surface area contributed by atoms with Gasteiger partial charge < -0.3 is 5.32 Å². The van der Waals surface area contributed by atoms with Gasteiger partial charge in [-0.15, -0.1) is 0 Å². The van der Waals surface area contributed by atoms with Crippen molar-refractivity contribution in [3.8, 4) is 6.07 Å². The standard InChI is InChI=1S/C16H13ClFN3/c1-9-5-10-3-2-4-12(10)14(6-9)20-16-13(18)7-11(8-19)15(17)21-16/h5-7H,2-4H2,1H3,(H,20,21). The molecule has 0 radical (unpaired) electrons. The SMILES string of the molecule is Cc1cc2c(c(Nc3nc(Cl)c(C#N)cc3F)c1)CCC2. The summed E-state index contributed by atoms with van der Waals surface area (Å²) in [6.07, 6.45) is 3.14. The zero-order valence-electron chi connectivity index (χ0n) is 11.5. The van der Waals surface area contributed by atoms with Gasteiger partial charge in [-0.05, 0) is 55.0 Å². The van der Waals surface area contributed by atoms with Gasteiger partial charge in [-0.25, -0.2) is 9.37 Å². The van der Waals surface area contributed by atoms with Crippen molar-refractivity contribution < 1.29 is 4.39 Å². The van der Waals surface area contributed by atoms with Crippen molar-refractivity contribution in [3.05, 3.63) is 51.4 Å². The summed E-state index contributed by atoms with van der Waals surface area (Å²) in [6.45, 7) is 2.01. The number of anilines is 2. The highest BCUT2D eigenvalue weighted by molar-refractivity contribution is 6.30. The molecule has 2 aromatic rings. The normalized spacial score (nSPS) is 12.9. The maximum atomic E-state index is 14.0. The van der Waals surface area contributed by atoms with Crippen molar-refractivity contribution >= 4 is 23.1 Å². The Hall–Kier alpha value is -2.12. The molecule has 1 heterocycles. The molecule has 21 heavy (non-hydrogen) atoms. The highest BCUT2D eigenvalue weighted by Gasteiger charge is 2.17. The van der Waals surface area contributed by atoms with E-state index in [0.717, 1.165) is 36.6 Å². The monoisotopic (exact) mass is 301 g/mol. The van der Waals surface area contributed by atoms with Crippen LogP contribution in [0.2, 0.25) is 5.15 Å². The van der Waals surface area contributed by atoms with E-state index in [1.807, 2.05) is 19.1 Å². The minimum Gasteiger partial charge on any atom is -0.337 e.